The van der Waals surface area contributed by atoms with E-state index in [1.165, 1.54) is 4.90 Å². The van der Waals surface area contributed by atoms with Crippen LogP contribution in [0.2, 0.25) is 0 Å². The molecule has 0 aliphatic heterocycles. The number of nitrogens with one attached hydrogen (secondary N) is 1. The zero-order valence-electron chi connectivity index (χ0n) is 16.1. The van der Waals surface area contributed by atoms with Gasteiger partial charge in [-0.15, -0.1) is 0 Å². The number of nitrogens with zero attached hydrogens (tertiary/aromatic N) is 2. The summed E-state index contributed by atoms with van der Waals surface area (Å²) in [5.41, 5.74) is 4.10. The van der Waals surface area contributed by atoms with Crippen LogP contribution < -0.4 is 5.32 Å². The van der Waals surface area contributed by atoms with E-state index in [0.29, 0.717) is 11.3 Å². The molecule has 1 heterocycles. The number of para-hydroxylation sites is 1. The van der Waals surface area contributed by atoms with Crippen molar-refractivity contribution in [1.29, 1.82) is 0 Å². The van der Waals surface area contributed by atoms with E-state index in [2.05, 4.69) is 21.2 Å². The van der Waals surface area contributed by atoms with Crippen molar-refractivity contribution in [2.24, 2.45) is 0 Å². The van der Waals surface area contributed by atoms with Crippen molar-refractivity contribution in [3.05, 3.63) is 82.1 Å². The standard InChI is InChI=1S/C22H22BrN3O2/c1-15-13-20(16(2)26(15)19-11-9-17(23)10-12-19)22(28)25(3)14-21(27)24-18-7-5-4-6-8-18/h4-13H,14H2,1-3H3,(H,24,27). The third-order valence-electron chi connectivity index (χ3n) is 4.53. The lowest BCUT2D eigenvalue weighted by Gasteiger charge is -2.17. The van der Waals surface area contributed by atoms with Gasteiger partial charge >= 0.3 is 0 Å². The van der Waals surface area contributed by atoms with Crippen LogP contribution in [0.3, 0.4) is 0 Å². The number of aromatic nitrogens is 1. The predicted molar refractivity (Wildman–Crippen MR) is 115 cm³/mol. The Bertz CT molecular complexity index is 995. The Hall–Kier alpha value is -2.86. The number of hydrogen-bond acceptors (Lipinski definition) is 2. The molecule has 0 aliphatic carbocycles. The van der Waals surface area contributed by atoms with Gasteiger partial charge in [0.1, 0.15) is 0 Å². The number of anilines is 1. The topological polar surface area (TPSA) is 54.3 Å². The molecule has 2 amide bonds. The van der Waals surface area contributed by atoms with Crippen LogP contribution in [0.4, 0.5) is 5.69 Å². The summed E-state index contributed by atoms with van der Waals surface area (Å²) in [6, 6.07) is 19.0. The van der Waals surface area contributed by atoms with Crippen LogP contribution in [-0.2, 0) is 4.79 Å². The number of hydrogen-bond donors (Lipinski definition) is 1. The van der Waals surface area contributed by atoms with E-state index in [1.807, 2.05) is 79.1 Å². The van der Waals surface area contributed by atoms with Crippen molar-refractivity contribution < 1.29 is 9.59 Å². The predicted octanol–water partition coefficient (Wildman–Crippen LogP) is 4.57. The fourth-order valence-corrected chi connectivity index (χ4v) is 3.45. The maximum absolute atomic E-state index is 12.9. The molecule has 5 nitrogen and oxygen atoms in total. The van der Waals surface area contributed by atoms with Gasteiger partial charge in [0.15, 0.2) is 0 Å². The smallest absolute Gasteiger partial charge is 0.255 e. The lowest BCUT2D eigenvalue weighted by molar-refractivity contribution is -0.116. The van der Waals surface area contributed by atoms with Gasteiger partial charge < -0.3 is 14.8 Å². The second-order valence-electron chi connectivity index (χ2n) is 6.67. The van der Waals surface area contributed by atoms with E-state index in [-0.39, 0.29) is 18.4 Å². The Morgan fingerprint density at radius 2 is 1.68 bits per heavy atom. The highest BCUT2D eigenvalue weighted by Gasteiger charge is 2.21. The lowest BCUT2D eigenvalue weighted by Crippen LogP contribution is -2.35. The molecule has 3 rings (SSSR count). The molecule has 0 radical (unpaired) electrons. The van der Waals surface area contributed by atoms with Crippen LogP contribution in [0.5, 0.6) is 0 Å². The van der Waals surface area contributed by atoms with Crippen LogP contribution in [0, 0.1) is 13.8 Å². The van der Waals surface area contributed by atoms with Crippen molar-refractivity contribution in [2.45, 2.75) is 13.8 Å². The van der Waals surface area contributed by atoms with Crippen molar-refractivity contribution in [1.82, 2.24) is 9.47 Å². The molecule has 3 aromatic rings. The summed E-state index contributed by atoms with van der Waals surface area (Å²) in [6.07, 6.45) is 0. The quantitative estimate of drug-likeness (QED) is 0.632. The maximum Gasteiger partial charge on any atom is 0.255 e. The first-order chi connectivity index (χ1) is 13.4. The average Bonchev–Trinajstić information content (AvgIpc) is 2.97. The first kappa shape index (κ1) is 19.9. The number of benzene rings is 2. The maximum atomic E-state index is 12.9. The summed E-state index contributed by atoms with van der Waals surface area (Å²) in [4.78, 5) is 26.6. The molecule has 0 atom stereocenters. The van der Waals surface area contributed by atoms with Crippen molar-refractivity contribution in [3.8, 4) is 5.69 Å². The molecule has 1 N–H and O–H groups in total. The minimum Gasteiger partial charge on any atom is -0.332 e. The van der Waals surface area contributed by atoms with E-state index in [9.17, 15) is 9.59 Å². The fraction of sp³-hybridized carbons (Fsp3) is 0.182. The highest BCUT2D eigenvalue weighted by molar-refractivity contribution is 9.10. The van der Waals surface area contributed by atoms with Gasteiger partial charge in [0, 0.05) is 34.3 Å². The minimum absolute atomic E-state index is 0.0182. The van der Waals surface area contributed by atoms with Gasteiger partial charge in [0.25, 0.3) is 5.91 Å². The summed E-state index contributed by atoms with van der Waals surface area (Å²) in [5.74, 6) is -0.413. The van der Waals surface area contributed by atoms with Crippen molar-refractivity contribution in [2.75, 3.05) is 18.9 Å². The number of carbonyl (C=O) groups excluding carboxylic acids is 2. The van der Waals surface area contributed by atoms with E-state index in [4.69, 9.17) is 0 Å². The summed E-state index contributed by atoms with van der Waals surface area (Å²) in [6.45, 7) is 3.86. The first-order valence-corrected chi connectivity index (χ1v) is 9.71. The number of halogens is 1. The molecule has 0 bridgehead atoms. The minimum atomic E-state index is -0.233. The van der Waals surface area contributed by atoms with Crippen molar-refractivity contribution >= 4 is 33.4 Å². The summed E-state index contributed by atoms with van der Waals surface area (Å²) in [7, 11) is 1.64. The van der Waals surface area contributed by atoms with E-state index < -0.39 is 0 Å². The van der Waals surface area contributed by atoms with Gasteiger partial charge in [0.2, 0.25) is 5.91 Å². The number of aryl methyl sites for hydroxylation is 1. The van der Waals surface area contributed by atoms with Gasteiger partial charge in [0.05, 0.1) is 12.1 Å². The van der Waals surface area contributed by atoms with E-state index in [1.54, 1.807) is 7.05 Å². The highest BCUT2D eigenvalue weighted by Crippen LogP contribution is 2.23. The zero-order chi connectivity index (χ0) is 20.3. The Labute approximate surface area is 173 Å². The molecule has 0 spiro atoms. The Balaban J connectivity index is 1.76. The Kier molecular flexibility index (Phi) is 5.99. The Morgan fingerprint density at radius 3 is 2.32 bits per heavy atom. The summed E-state index contributed by atoms with van der Waals surface area (Å²) >= 11 is 3.44. The third kappa shape index (κ3) is 4.34. The van der Waals surface area contributed by atoms with Crippen LogP contribution in [0.25, 0.3) is 5.69 Å². The molecular formula is C22H22BrN3O2. The van der Waals surface area contributed by atoms with Gasteiger partial charge in [-0.25, -0.2) is 0 Å². The van der Waals surface area contributed by atoms with Gasteiger partial charge in [-0.1, -0.05) is 34.1 Å². The van der Waals surface area contributed by atoms with Crippen LogP contribution >= 0.6 is 15.9 Å². The summed E-state index contributed by atoms with van der Waals surface area (Å²) < 4.78 is 3.04. The van der Waals surface area contributed by atoms with E-state index in [0.717, 1.165) is 21.5 Å². The molecule has 1 aromatic heterocycles. The zero-order valence-corrected chi connectivity index (χ0v) is 17.7. The molecule has 0 unspecified atom stereocenters. The number of amides is 2. The second kappa shape index (κ2) is 8.44. The van der Waals surface area contributed by atoms with Crippen LogP contribution in [-0.4, -0.2) is 34.9 Å². The molecule has 0 fully saturated rings. The van der Waals surface area contributed by atoms with Crippen molar-refractivity contribution in [3.63, 3.8) is 0 Å². The Morgan fingerprint density at radius 1 is 1.04 bits per heavy atom. The van der Waals surface area contributed by atoms with Crippen LogP contribution in [0.15, 0.2) is 65.1 Å². The number of rotatable bonds is 5. The first-order valence-electron chi connectivity index (χ1n) is 8.92. The number of likely N-dealkylation sites (N-methyl/N-ethyl adjacent to an activating group) is 1. The molecule has 6 heteroatoms. The van der Waals surface area contributed by atoms with Gasteiger partial charge in [-0.2, -0.15) is 0 Å². The third-order valence-corrected chi connectivity index (χ3v) is 5.06. The fourth-order valence-electron chi connectivity index (χ4n) is 3.18. The SMILES string of the molecule is Cc1cc(C(=O)N(C)CC(=O)Nc2ccccc2)c(C)n1-c1ccc(Br)cc1. The van der Waals surface area contributed by atoms with Gasteiger partial charge in [-0.05, 0) is 56.3 Å². The molecule has 0 saturated carbocycles. The largest absolute Gasteiger partial charge is 0.332 e. The molecule has 0 aliphatic rings. The molecule has 0 saturated heterocycles. The average molecular weight is 440 g/mol. The molecule has 28 heavy (non-hydrogen) atoms. The summed E-state index contributed by atoms with van der Waals surface area (Å²) in [5, 5.41) is 2.80. The molecular weight excluding hydrogens is 418 g/mol. The number of carbonyl (C=O) groups is 2. The highest BCUT2D eigenvalue weighted by atomic mass is 79.9. The normalized spacial score (nSPS) is 10.6. The lowest BCUT2D eigenvalue weighted by atomic mass is 10.2. The molecule has 2 aromatic carbocycles. The monoisotopic (exact) mass is 439 g/mol. The van der Waals surface area contributed by atoms with Crippen LogP contribution in [0.1, 0.15) is 21.7 Å². The van der Waals surface area contributed by atoms with Gasteiger partial charge in [-0.3, -0.25) is 9.59 Å². The molecule has 144 valence electrons. The second-order valence-corrected chi connectivity index (χ2v) is 7.59. The van der Waals surface area contributed by atoms with E-state index >= 15 is 0 Å².